The van der Waals surface area contributed by atoms with E-state index in [2.05, 4.69) is 20.3 Å². The summed E-state index contributed by atoms with van der Waals surface area (Å²) < 4.78 is 25.8. The van der Waals surface area contributed by atoms with E-state index in [1.54, 1.807) is 49.4 Å². The molecular weight excluding hydrogens is 516 g/mol. The highest BCUT2D eigenvalue weighted by Gasteiger charge is 2.22. The predicted octanol–water partition coefficient (Wildman–Crippen LogP) is 3.27. The lowest BCUT2D eigenvalue weighted by molar-refractivity contribution is 0.601. The van der Waals surface area contributed by atoms with Gasteiger partial charge in [0.25, 0.3) is 5.56 Å². The lowest BCUT2D eigenvalue weighted by atomic mass is 10.0. The number of hydrogen-bond donors (Lipinski definition) is 2. The average Bonchev–Trinajstić information content (AvgIpc) is 2.93. The van der Waals surface area contributed by atoms with Crippen molar-refractivity contribution >= 4 is 32.5 Å². The highest BCUT2D eigenvalue weighted by atomic mass is 32.2. The van der Waals surface area contributed by atoms with Crippen molar-refractivity contribution in [2.45, 2.75) is 17.9 Å². The largest absolute Gasteiger partial charge is 0.368 e. The lowest BCUT2D eigenvalue weighted by Crippen LogP contribution is -2.28. The Morgan fingerprint density at radius 2 is 1.82 bits per heavy atom. The summed E-state index contributed by atoms with van der Waals surface area (Å²) in [7, 11) is -3.52. The molecule has 1 atom stereocenters. The summed E-state index contributed by atoms with van der Waals surface area (Å²) >= 11 is 0. The molecule has 11 nitrogen and oxygen atoms in total. The van der Waals surface area contributed by atoms with Crippen molar-refractivity contribution in [1.82, 2.24) is 24.5 Å². The van der Waals surface area contributed by atoms with Crippen LogP contribution in [0.5, 0.6) is 0 Å². The number of nitrogens with zero attached hydrogens (tertiary/aromatic N) is 6. The number of sulfone groups is 1. The number of hydrogen-bond acceptors (Lipinski definition) is 10. The van der Waals surface area contributed by atoms with Crippen LogP contribution in [0, 0.1) is 11.3 Å². The maximum atomic E-state index is 14.2. The fraction of sp³-hybridized carbons (Fsp3) is 0.111. The van der Waals surface area contributed by atoms with E-state index in [1.165, 1.54) is 29.2 Å². The summed E-state index contributed by atoms with van der Waals surface area (Å²) in [6, 6.07) is 17.1. The molecular formula is C27H22N8O3S. The molecule has 3 N–H and O–H groups in total. The van der Waals surface area contributed by atoms with Crippen LogP contribution in [0.4, 0.5) is 11.8 Å². The van der Waals surface area contributed by atoms with Crippen molar-refractivity contribution in [2.24, 2.45) is 0 Å². The zero-order valence-corrected chi connectivity index (χ0v) is 21.7. The molecule has 0 aliphatic heterocycles. The summed E-state index contributed by atoms with van der Waals surface area (Å²) in [5, 5.41) is 12.9. The second-order valence-corrected chi connectivity index (χ2v) is 10.8. The summed E-state index contributed by atoms with van der Waals surface area (Å²) in [6.45, 7) is 1.79. The van der Waals surface area contributed by atoms with Crippen LogP contribution >= 0.6 is 0 Å². The van der Waals surface area contributed by atoms with E-state index in [0.717, 1.165) is 6.26 Å². The van der Waals surface area contributed by atoms with Crippen molar-refractivity contribution in [3.05, 3.63) is 94.9 Å². The van der Waals surface area contributed by atoms with Crippen LogP contribution in [0.3, 0.4) is 0 Å². The first-order valence-electron chi connectivity index (χ1n) is 11.7. The number of anilines is 2. The van der Waals surface area contributed by atoms with Crippen LogP contribution in [0.1, 0.15) is 24.4 Å². The molecule has 194 valence electrons. The van der Waals surface area contributed by atoms with Crippen molar-refractivity contribution in [1.29, 1.82) is 5.26 Å². The van der Waals surface area contributed by atoms with Gasteiger partial charge < -0.3 is 11.1 Å². The molecule has 0 spiro atoms. The topological polar surface area (TPSA) is 170 Å². The van der Waals surface area contributed by atoms with Crippen LogP contribution in [0.2, 0.25) is 0 Å². The minimum Gasteiger partial charge on any atom is -0.368 e. The van der Waals surface area contributed by atoms with Gasteiger partial charge >= 0.3 is 0 Å². The van der Waals surface area contributed by atoms with E-state index in [4.69, 9.17) is 10.7 Å². The van der Waals surface area contributed by atoms with E-state index in [9.17, 15) is 18.5 Å². The molecule has 12 heteroatoms. The van der Waals surface area contributed by atoms with Gasteiger partial charge in [-0.25, -0.2) is 18.4 Å². The van der Waals surface area contributed by atoms with E-state index < -0.39 is 15.9 Å². The Bertz CT molecular complexity index is 1930. The fourth-order valence-corrected chi connectivity index (χ4v) is 4.82. The molecule has 0 saturated carbocycles. The van der Waals surface area contributed by atoms with Gasteiger partial charge in [-0.05, 0) is 36.8 Å². The van der Waals surface area contributed by atoms with E-state index in [-0.39, 0.29) is 27.8 Å². The third-order valence-corrected chi connectivity index (χ3v) is 7.14. The Balaban J connectivity index is 1.76. The van der Waals surface area contributed by atoms with E-state index >= 15 is 0 Å². The van der Waals surface area contributed by atoms with Crippen molar-refractivity contribution in [3.63, 3.8) is 0 Å². The smallest absolute Gasteiger partial charge is 0.266 e. The number of rotatable bonds is 6. The number of nitrogens with two attached hydrogens (primary N) is 1. The van der Waals surface area contributed by atoms with Gasteiger partial charge in [0.1, 0.15) is 23.3 Å². The maximum Gasteiger partial charge on any atom is 0.266 e. The average molecular weight is 539 g/mol. The monoisotopic (exact) mass is 538 g/mol. The van der Waals surface area contributed by atoms with Gasteiger partial charge in [-0.2, -0.15) is 10.2 Å². The number of pyridine rings is 1. The van der Waals surface area contributed by atoms with Gasteiger partial charge in [0.05, 0.1) is 33.7 Å². The Labute approximate surface area is 223 Å². The molecule has 3 heterocycles. The quantitative estimate of drug-likeness (QED) is 0.327. The second kappa shape index (κ2) is 9.96. The van der Waals surface area contributed by atoms with Gasteiger partial charge in [0.15, 0.2) is 9.84 Å². The molecule has 0 saturated heterocycles. The number of aromatic nitrogens is 5. The second-order valence-electron chi connectivity index (χ2n) is 8.80. The Morgan fingerprint density at radius 1 is 1.05 bits per heavy atom. The molecule has 5 rings (SSSR count). The van der Waals surface area contributed by atoms with Gasteiger partial charge in [-0.15, -0.1) is 0 Å². The third kappa shape index (κ3) is 4.90. The summed E-state index contributed by atoms with van der Waals surface area (Å²) in [4.78, 5) is 31.2. The van der Waals surface area contributed by atoms with Crippen LogP contribution in [-0.2, 0) is 9.84 Å². The Kier molecular flexibility index (Phi) is 6.51. The zero-order valence-electron chi connectivity index (χ0n) is 20.9. The first-order chi connectivity index (χ1) is 18.7. The van der Waals surface area contributed by atoms with E-state index in [1.807, 2.05) is 12.1 Å². The first kappa shape index (κ1) is 25.5. The molecule has 0 aliphatic rings. The van der Waals surface area contributed by atoms with Crippen molar-refractivity contribution in [2.75, 3.05) is 17.3 Å². The molecule has 2 aromatic carbocycles. The molecule has 3 aromatic heterocycles. The standard InChI is InChI=1S/C27H22N8O3S/c1-16(32-24-18(12-28)14-31-27(29)34-24)25-33-22-10-6-9-21(17-11-20(15-30-13-17)39(2,37)38)23(22)26(36)35(25)19-7-4-3-5-8-19/h3-11,13-16H,1-2H3,(H3,29,31,32,34)/t16-/m0/s1. The SMILES string of the molecule is C[C@H](Nc1nc(N)ncc1C#N)c1nc2cccc(-c3cncc(S(C)(=O)=O)c3)c2c(=O)n1-c1ccccc1. The molecule has 0 aliphatic carbocycles. The maximum absolute atomic E-state index is 14.2. The lowest BCUT2D eigenvalue weighted by Gasteiger charge is -2.21. The van der Waals surface area contributed by atoms with Gasteiger partial charge in [-0.3, -0.25) is 14.3 Å². The van der Waals surface area contributed by atoms with Gasteiger partial charge in [0.2, 0.25) is 5.95 Å². The van der Waals surface area contributed by atoms with Crippen molar-refractivity contribution < 1.29 is 8.42 Å². The number of nitrogens with one attached hydrogen (secondary N) is 1. The number of nitriles is 1. The molecule has 0 amide bonds. The molecule has 5 aromatic rings. The minimum absolute atomic E-state index is 0.00908. The third-order valence-electron chi connectivity index (χ3n) is 6.06. The highest BCUT2D eigenvalue weighted by molar-refractivity contribution is 7.90. The molecule has 39 heavy (non-hydrogen) atoms. The van der Waals surface area contributed by atoms with Crippen LogP contribution in [-0.4, -0.2) is 39.2 Å². The van der Waals surface area contributed by atoms with Gasteiger partial charge in [-0.1, -0.05) is 30.3 Å². The normalized spacial score (nSPS) is 12.1. The highest BCUT2D eigenvalue weighted by Crippen LogP contribution is 2.29. The molecule has 0 bridgehead atoms. The van der Waals surface area contributed by atoms with Crippen molar-refractivity contribution in [3.8, 4) is 22.9 Å². The number of benzene rings is 2. The molecule has 0 radical (unpaired) electrons. The number of fused-ring (bicyclic) bond motifs is 1. The Morgan fingerprint density at radius 3 is 2.54 bits per heavy atom. The van der Waals surface area contributed by atoms with Crippen LogP contribution in [0.25, 0.3) is 27.7 Å². The summed E-state index contributed by atoms with van der Waals surface area (Å²) in [5.74, 6) is 0.564. The van der Waals surface area contributed by atoms with E-state index in [0.29, 0.717) is 33.5 Å². The predicted molar refractivity (Wildman–Crippen MR) is 147 cm³/mol. The van der Waals surface area contributed by atoms with Gasteiger partial charge in [0, 0.05) is 24.2 Å². The van der Waals surface area contributed by atoms with Crippen LogP contribution < -0.4 is 16.6 Å². The molecule has 0 unspecified atom stereocenters. The minimum atomic E-state index is -3.52. The fourth-order valence-electron chi connectivity index (χ4n) is 4.23. The number of nitrogen functional groups attached to an aromatic ring is 1. The Hall–Kier alpha value is -5.15. The summed E-state index contributed by atoms with van der Waals surface area (Å²) in [6.07, 6.45) is 5.20. The first-order valence-corrected chi connectivity index (χ1v) is 13.6. The number of para-hydroxylation sites is 1. The van der Waals surface area contributed by atoms with Crippen LogP contribution in [0.15, 0.2) is 82.9 Å². The molecule has 0 fully saturated rings. The zero-order chi connectivity index (χ0) is 27.7. The summed E-state index contributed by atoms with van der Waals surface area (Å²) in [5.41, 5.74) is 7.50.